The number of rotatable bonds is 5. The summed E-state index contributed by atoms with van der Waals surface area (Å²) >= 11 is 0. The minimum atomic E-state index is -5.25. The topological polar surface area (TPSA) is 77.0 Å². The number of likely N-dealkylation sites (N-methyl/N-ethyl adjacent to an activating group) is 1. The molecule has 170 valence electrons. The normalized spacial score (nSPS) is 28.6. The Labute approximate surface area is 172 Å². The fourth-order valence-corrected chi connectivity index (χ4v) is 5.36. The lowest BCUT2D eigenvalue weighted by Gasteiger charge is -2.45. The van der Waals surface area contributed by atoms with Crippen molar-refractivity contribution in [2.75, 3.05) is 40.8 Å². The molecule has 2 aliphatic rings. The van der Waals surface area contributed by atoms with Crippen molar-refractivity contribution < 1.29 is 21.6 Å². The maximum Gasteiger partial charge on any atom is 0.511 e. The molecule has 2 unspecified atom stereocenters. The summed E-state index contributed by atoms with van der Waals surface area (Å²) in [5.41, 5.74) is -5.21. The van der Waals surface area contributed by atoms with Gasteiger partial charge in [0.25, 0.3) is 0 Å². The largest absolute Gasteiger partial charge is 0.511 e. The van der Waals surface area contributed by atoms with Crippen LogP contribution in [0.4, 0.5) is 13.2 Å². The smallest absolute Gasteiger partial charge is 0.355 e. The Morgan fingerprint density at radius 1 is 1.24 bits per heavy atom. The number of piperidine rings is 1. The summed E-state index contributed by atoms with van der Waals surface area (Å²) in [6.07, 6.45) is 5.21. The van der Waals surface area contributed by atoms with Crippen molar-refractivity contribution in [1.82, 2.24) is 19.8 Å². The molecule has 0 aromatic heterocycles. The van der Waals surface area contributed by atoms with E-state index in [1.807, 2.05) is 0 Å². The summed E-state index contributed by atoms with van der Waals surface area (Å²) in [7, 11) is 0.587. The minimum absolute atomic E-state index is 0.0411. The van der Waals surface area contributed by atoms with Crippen molar-refractivity contribution in [3.05, 3.63) is 0 Å². The molecule has 2 N–H and O–H groups in total. The molecular formula is C18H34F3N5O2S. The molecular weight excluding hydrogens is 407 g/mol. The maximum atomic E-state index is 12.7. The van der Waals surface area contributed by atoms with Crippen molar-refractivity contribution in [1.29, 1.82) is 0 Å². The molecule has 2 atom stereocenters. The molecule has 2 rings (SSSR count). The van der Waals surface area contributed by atoms with Crippen LogP contribution in [0.1, 0.15) is 45.4 Å². The standard InChI is InChI=1S/C18H34F3N5O2S/c1-14-6-5-9-17(12-14,25(3)4)13-23-16(22-2)24-15-7-10-26(11-8-15)29(27,28)18(19,20)21/h14-15H,5-13H2,1-4H3,(H2,22,23,24). The number of sulfonamides is 1. The molecule has 29 heavy (non-hydrogen) atoms. The van der Waals surface area contributed by atoms with Gasteiger partial charge in [-0.25, -0.2) is 8.42 Å². The van der Waals surface area contributed by atoms with E-state index in [-0.39, 0.29) is 24.7 Å². The molecule has 1 aliphatic carbocycles. The second kappa shape index (κ2) is 9.38. The van der Waals surface area contributed by atoms with Crippen molar-refractivity contribution in [3.63, 3.8) is 0 Å². The number of hydrogen-bond acceptors (Lipinski definition) is 4. The number of nitrogens with one attached hydrogen (secondary N) is 2. The highest BCUT2D eigenvalue weighted by Gasteiger charge is 2.50. The molecule has 1 heterocycles. The summed E-state index contributed by atoms with van der Waals surface area (Å²) < 4.78 is 61.7. The predicted molar refractivity (Wildman–Crippen MR) is 108 cm³/mol. The van der Waals surface area contributed by atoms with Gasteiger partial charge < -0.3 is 15.5 Å². The first kappa shape index (κ1) is 24.2. The second-order valence-electron chi connectivity index (χ2n) is 8.51. The SMILES string of the molecule is CN=C(NCC1(N(C)C)CCCC(C)C1)NC1CCN(S(=O)(=O)C(F)(F)F)CC1. The Morgan fingerprint density at radius 3 is 2.34 bits per heavy atom. The molecule has 11 heteroatoms. The van der Waals surface area contributed by atoms with Gasteiger partial charge in [-0.2, -0.15) is 17.5 Å². The Kier molecular flexibility index (Phi) is 7.83. The van der Waals surface area contributed by atoms with Crippen LogP contribution in [0.5, 0.6) is 0 Å². The van der Waals surface area contributed by atoms with E-state index < -0.39 is 15.5 Å². The summed E-state index contributed by atoms with van der Waals surface area (Å²) in [6, 6.07) is -0.124. The van der Waals surface area contributed by atoms with Gasteiger partial charge in [-0.3, -0.25) is 4.99 Å². The van der Waals surface area contributed by atoms with Gasteiger partial charge in [0.15, 0.2) is 5.96 Å². The lowest BCUT2D eigenvalue weighted by molar-refractivity contribution is -0.0494. The van der Waals surface area contributed by atoms with Gasteiger partial charge in [0.2, 0.25) is 0 Å². The monoisotopic (exact) mass is 441 g/mol. The zero-order valence-corrected chi connectivity index (χ0v) is 18.5. The van der Waals surface area contributed by atoms with Gasteiger partial charge in [-0.15, -0.1) is 0 Å². The fraction of sp³-hybridized carbons (Fsp3) is 0.944. The van der Waals surface area contributed by atoms with Crippen LogP contribution in [0.25, 0.3) is 0 Å². The van der Waals surface area contributed by atoms with Gasteiger partial charge >= 0.3 is 15.5 Å². The van der Waals surface area contributed by atoms with Crippen molar-refractivity contribution in [3.8, 4) is 0 Å². The van der Waals surface area contributed by atoms with E-state index in [9.17, 15) is 21.6 Å². The first-order chi connectivity index (χ1) is 13.4. The summed E-state index contributed by atoms with van der Waals surface area (Å²) in [5.74, 6) is 1.25. The Balaban J connectivity index is 1.90. The van der Waals surface area contributed by atoms with Crippen LogP contribution in [0.15, 0.2) is 4.99 Å². The van der Waals surface area contributed by atoms with E-state index in [1.165, 1.54) is 12.8 Å². The lowest BCUT2D eigenvalue weighted by atomic mass is 9.75. The molecule has 0 spiro atoms. The third kappa shape index (κ3) is 5.75. The molecule has 0 aromatic rings. The second-order valence-corrected chi connectivity index (χ2v) is 10.4. The molecule has 0 amide bonds. The number of guanidine groups is 1. The number of alkyl halides is 3. The predicted octanol–water partition coefficient (Wildman–Crippen LogP) is 1.98. The van der Waals surface area contributed by atoms with Crippen LogP contribution in [0.3, 0.4) is 0 Å². The van der Waals surface area contributed by atoms with Crippen molar-refractivity contribution >= 4 is 16.0 Å². The van der Waals surface area contributed by atoms with E-state index in [0.29, 0.717) is 29.0 Å². The summed E-state index contributed by atoms with van der Waals surface area (Å²) in [5, 5.41) is 6.62. The zero-order chi connectivity index (χ0) is 21.9. The zero-order valence-electron chi connectivity index (χ0n) is 17.7. The first-order valence-electron chi connectivity index (χ1n) is 10.1. The van der Waals surface area contributed by atoms with E-state index >= 15 is 0 Å². The Hall–Kier alpha value is -1.07. The van der Waals surface area contributed by atoms with E-state index in [4.69, 9.17) is 0 Å². The fourth-order valence-electron chi connectivity index (χ4n) is 4.38. The first-order valence-corrected chi connectivity index (χ1v) is 11.6. The number of nitrogens with zero attached hydrogens (tertiary/aromatic N) is 3. The van der Waals surface area contributed by atoms with Crippen LogP contribution in [-0.4, -0.2) is 81.4 Å². The molecule has 1 saturated carbocycles. The Bertz CT molecular complexity index is 675. The van der Waals surface area contributed by atoms with E-state index in [2.05, 4.69) is 41.5 Å². The van der Waals surface area contributed by atoms with Crippen LogP contribution in [0, 0.1) is 5.92 Å². The van der Waals surface area contributed by atoms with Crippen LogP contribution in [-0.2, 0) is 10.0 Å². The quantitative estimate of drug-likeness (QED) is 0.504. The lowest BCUT2D eigenvalue weighted by Crippen LogP contribution is -2.58. The highest BCUT2D eigenvalue weighted by atomic mass is 32.2. The minimum Gasteiger partial charge on any atom is -0.355 e. The average Bonchev–Trinajstić information content (AvgIpc) is 2.64. The number of aliphatic imine (C=N–C) groups is 1. The van der Waals surface area contributed by atoms with Crippen LogP contribution in [0.2, 0.25) is 0 Å². The number of halogens is 3. The van der Waals surface area contributed by atoms with Crippen molar-refractivity contribution in [2.45, 2.75) is 62.5 Å². The van der Waals surface area contributed by atoms with Crippen molar-refractivity contribution in [2.24, 2.45) is 10.9 Å². The van der Waals surface area contributed by atoms with Crippen LogP contribution >= 0.6 is 0 Å². The van der Waals surface area contributed by atoms with Gasteiger partial charge in [0, 0.05) is 38.3 Å². The highest BCUT2D eigenvalue weighted by molar-refractivity contribution is 7.90. The third-order valence-electron chi connectivity index (χ3n) is 6.25. The molecule has 0 bridgehead atoms. The molecule has 1 saturated heterocycles. The average molecular weight is 442 g/mol. The van der Waals surface area contributed by atoms with E-state index in [0.717, 1.165) is 19.4 Å². The Morgan fingerprint density at radius 2 is 1.86 bits per heavy atom. The molecule has 0 aromatic carbocycles. The maximum absolute atomic E-state index is 12.7. The molecule has 1 aliphatic heterocycles. The van der Waals surface area contributed by atoms with Gasteiger partial charge in [-0.05, 0) is 45.7 Å². The molecule has 0 radical (unpaired) electrons. The molecule has 2 fully saturated rings. The van der Waals surface area contributed by atoms with Crippen LogP contribution < -0.4 is 10.6 Å². The van der Waals surface area contributed by atoms with Gasteiger partial charge in [0.05, 0.1) is 0 Å². The third-order valence-corrected chi connectivity index (χ3v) is 7.88. The molecule has 7 nitrogen and oxygen atoms in total. The highest BCUT2D eigenvalue weighted by Crippen LogP contribution is 2.35. The van der Waals surface area contributed by atoms with Gasteiger partial charge in [0.1, 0.15) is 0 Å². The number of hydrogen-bond donors (Lipinski definition) is 2. The van der Waals surface area contributed by atoms with Gasteiger partial charge in [-0.1, -0.05) is 19.8 Å². The van der Waals surface area contributed by atoms with E-state index in [1.54, 1.807) is 7.05 Å². The summed E-state index contributed by atoms with van der Waals surface area (Å²) in [4.78, 5) is 6.51. The summed E-state index contributed by atoms with van der Waals surface area (Å²) in [6.45, 7) is 2.68.